The van der Waals surface area contributed by atoms with Gasteiger partial charge in [0.25, 0.3) is 5.91 Å². The van der Waals surface area contributed by atoms with Crippen molar-refractivity contribution in [1.29, 1.82) is 0 Å². The van der Waals surface area contributed by atoms with E-state index >= 15 is 0 Å². The predicted octanol–water partition coefficient (Wildman–Crippen LogP) is 4.10. The van der Waals surface area contributed by atoms with Crippen molar-refractivity contribution in [3.63, 3.8) is 0 Å². The Labute approximate surface area is 186 Å². The number of ketones is 1. The Hall–Kier alpha value is -3.67. The van der Waals surface area contributed by atoms with E-state index in [2.05, 4.69) is 5.32 Å². The number of anilines is 1. The number of nitrogens with zero attached hydrogens (tertiary/aromatic N) is 2. The van der Waals surface area contributed by atoms with Gasteiger partial charge in [0.2, 0.25) is 0 Å². The van der Waals surface area contributed by atoms with Crippen molar-refractivity contribution in [3.05, 3.63) is 77.9 Å². The summed E-state index contributed by atoms with van der Waals surface area (Å²) in [6, 6.07) is 20.8. The molecule has 0 bridgehead atoms. The fourth-order valence-electron chi connectivity index (χ4n) is 4.74. The summed E-state index contributed by atoms with van der Waals surface area (Å²) in [5.74, 6) is -0.213. The van der Waals surface area contributed by atoms with Gasteiger partial charge in [0.15, 0.2) is 5.78 Å². The van der Waals surface area contributed by atoms with E-state index < -0.39 is 0 Å². The summed E-state index contributed by atoms with van der Waals surface area (Å²) in [4.78, 5) is 42.1. The van der Waals surface area contributed by atoms with Crippen LogP contribution in [0.1, 0.15) is 33.6 Å². The molecule has 2 saturated heterocycles. The Morgan fingerprint density at radius 3 is 2.59 bits per heavy atom. The first-order chi connectivity index (χ1) is 15.6. The van der Waals surface area contributed by atoms with Gasteiger partial charge in [-0.05, 0) is 41.8 Å². The Morgan fingerprint density at radius 2 is 1.75 bits per heavy atom. The number of likely N-dealkylation sites (tertiary alicyclic amines) is 1. The minimum absolute atomic E-state index is 0.0955. The maximum absolute atomic E-state index is 13.4. The number of Topliss-reactive ketones (excluding diaryl/α,β-unsaturated/α-hetero) is 1. The molecule has 3 aromatic carbocycles. The highest BCUT2D eigenvalue weighted by molar-refractivity contribution is 6.09. The molecule has 1 N–H and O–H groups in total. The molecule has 6 heteroatoms. The summed E-state index contributed by atoms with van der Waals surface area (Å²) in [5, 5.41) is 4.79. The van der Waals surface area contributed by atoms with Gasteiger partial charge in [0.05, 0.1) is 0 Å². The maximum atomic E-state index is 13.4. The molecule has 0 unspecified atom stereocenters. The number of carbonyl (C=O) groups excluding carboxylic acids is 3. The van der Waals surface area contributed by atoms with Crippen LogP contribution in [0, 0.1) is 5.92 Å². The minimum Gasteiger partial charge on any atom is -0.338 e. The van der Waals surface area contributed by atoms with E-state index in [0.717, 1.165) is 29.2 Å². The maximum Gasteiger partial charge on any atom is 0.321 e. The Morgan fingerprint density at radius 1 is 0.938 bits per heavy atom. The Balaban J connectivity index is 1.35. The lowest BCUT2D eigenvalue weighted by Crippen LogP contribution is -2.42. The van der Waals surface area contributed by atoms with Gasteiger partial charge in [-0.2, -0.15) is 0 Å². The first-order valence-corrected chi connectivity index (χ1v) is 11.1. The highest BCUT2D eigenvalue weighted by Gasteiger charge is 2.30. The second-order valence-corrected chi connectivity index (χ2v) is 8.42. The molecule has 0 aliphatic carbocycles. The number of amides is 3. The van der Waals surface area contributed by atoms with Gasteiger partial charge in [-0.1, -0.05) is 48.5 Å². The number of rotatable bonds is 4. The van der Waals surface area contributed by atoms with Crippen molar-refractivity contribution < 1.29 is 14.4 Å². The Kier molecular flexibility index (Phi) is 5.35. The molecule has 2 fully saturated rings. The summed E-state index contributed by atoms with van der Waals surface area (Å²) >= 11 is 0. The molecule has 1 atom stereocenters. The van der Waals surface area contributed by atoms with Gasteiger partial charge >= 0.3 is 6.03 Å². The fraction of sp³-hybridized carbons (Fsp3) is 0.269. The van der Waals surface area contributed by atoms with Crippen LogP contribution in [0.5, 0.6) is 0 Å². The van der Waals surface area contributed by atoms with E-state index in [9.17, 15) is 14.4 Å². The molecule has 0 aromatic heterocycles. The minimum atomic E-state index is -0.217. The van der Waals surface area contributed by atoms with Crippen molar-refractivity contribution in [3.8, 4) is 0 Å². The third-order valence-electron chi connectivity index (χ3n) is 6.40. The molecule has 5 rings (SSSR count). The molecule has 162 valence electrons. The summed E-state index contributed by atoms with van der Waals surface area (Å²) in [7, 11) is 0. The van der Waals surface area contributed by atoms with E-state index in [4.69, 9.17) is 0 Å². The van der Waals surface area contributed by atoms with Crippen molar-refractivity contribution in [2.24, 2.45) is 5.92 Å². The molecular weight excluding hydrogens is 402 g/mol. The van der Waals surface area contributed by atoms with E-state index in [1.54, 1.807) is 28.0 Å². The lowest BCUT2D eigenvalue weighted by Gasteiger charge is -2.32. The second kappa shape index (κ2) is 8.46. The van der Waals surface area contributed by atoms with Crippen LogP contribution in [0.2, 0.25) is 0 Å². The number of piperidine rings is 1. The largest absolute Gasteiger partial charge is 0.338 e. The average molecular weight is 428 g/mol. The number of hydrogen-bond acceptors (Lipinski definition) is 3. The topological polar surface area (TPSA) is 69.7 Å². The lowest BCUT2D eigenvalue weighted by molar-refractivity contribution is 0.0637. The van der Waals surface area contributed by atoms with Crippen LogP contribution in [0.3, 0.4) is 0 Å². The predicted molar refractivity (Wildman–Crippen MR) is 124 cm³/mol. The Bertz CT molecular complexity index is 1200. The number of hydrogen-bond donors (Lipinski definition) is 1. The average Bonchev–Trinajstić information content (AvgIpc) is 3.28. The smallest absolute Gasteiger partial charge is 0.321 e. The summed E-state index contributed by atoms with van der Waals surface area (Å²) in [5.41, 5.74) is 1.98. The van der Waals surface area contributed by atoms with Crippen molar-refractivity contribution in [2.75, 3.05) is 31.1 Å². The molecule has 0 spiro atoms. The van der Waals surface area contributed by atoms with Crippen LogP contribution < -0.4 is 10.2 Å². The van der Waals surface area contributed by atoms with Gasteiger partial charge < -0.3 is 10.2 Å². The second-order valence-electron chi connectivity index (χ2n) is 8.42. The van der Waals surface area contributed by atoms with E-state index in [1.165, 1.54) is 0 Å². The molecular formula is C26H25N3O3. The zero-order valence-electron chi connectivity index (χ0n) is 17.8. The third-order valence-corrected chi connectivity index (χ3v) is 6.40. The quantitative estimate of drug-likeness (QED) is 0.637. The third kappa shape index (κ3) is 3.73. The molecule has 32 heavy (non-hydrogen) atoms. The van der Waals surface area contributed by atoms with E-state index in [1.807, 2.05) is 48.5 Å². The number of fused-ring (bicyclic) bond motifs is 1. The van der Waals surface area contributed by atoms with Crippen LogP contribution in [0.25, 0.3) is 10.8 Å². The van der Waals surface area contributed by atoms with Crippen LogP contribution in [0.4, 0.5) is 10.5 Å². The zero-order valence-corrected chi connectivity index (χ0v) is 17.8. The molecule has 0 saturated carbocycles. The first-order valence-electron chi connectivity index (χ1n) is 11.1. The molecule has 6 nitrogen and oxygen atoms in total. The normalized spacial score (nSPS) is 18.6. The number of carbonyl (C=O) groups is 3. The fourth-order valence-corrected chi connectivity index (χ4v) is 4.74. The molecule has 2 aliphatic heterocycles. The van der Waals surface area contributed by atoms with Gasteiger partial charge in [0, 0.05) is 48.9 Å². The monoisotopic (exact) mass is 427 g/mol. The zero-order chi connectivity index (χ0) is 22.1. The molecule has 2 heterocycles. The lowest BCUT2D eigenvalue weighted by atomic mass is 9.87. The van der Waals surface area contributed by atoms with Crippen molar-refractivity contribution >= 4 is 34.2 Å². The van der Waals surface area contributed by atoms with Gasteiger partial charge in [-0.25, -0.2) is 4.79 Å². The number of benzene rings is 3. The van der Waals surface area contributed by atoms with E-state index in [-0.39, 0.29) is 23.6 Å². The summed E-state index contributed by atoms with van der Waals surface area (Å²) in [6.07, 6.45) is 1.57. The highest BCUT2D eigenvalue weighted by Crippen LogP contribution is 2.27. The number of urea groups is 1. The van der Waals surface area contributed by atoms with E-state index in [0.29, 0.717) is 37.4 Å². The molecule has 0 radical (unpaired) electrons. The summed E-state index contributed by atoms with van der Waals surface area (Å²) in [6.45, 7) is 2.23. The van der Waals surface area contributed by atoms with Gasteiger partial charge in [0.1, 0.15) is 0 Å². The van der Waals surface area contributed by atoms with Crippen LogP contribution in [0.15, 0.2) is 66.7 Å². The van der Waals surface area contributed by atoms with Gasteiger partial charge in [-0.15, -0.1) is 0 Å². The molecule has 3 aromatic rings. The van der Waals surface area contributed by atoms with Crippen molar-refractivity contribution in [2.45, 2.75) is 12.8 Å². The van der Waals surface area contributed by atoms with Crippen molar-refractivity contribution in [1.82, 2.24) is 10.2 Å². The molecule has 2 aliphatic rings. The summed E-state index contributed by atoms with van der Waals surface area (Å²) < 4.78 is 0. The van der Waals surface area contributed by atoms with Crippen LogP contribution in [-0.4, -0.2) is 48.8 Å². The number of nitrogens with one attached hydrogen (secondary N) is 1. The van der Waals surface area contributed by atoms with Crippen LogP contribution in [-0.2, 0) is 0 Å². The standard InChI is InChI=1S/C26H25N3O3/c30-24(23-12-4-7-18-6-1-2-11-22(18)23)20-9-5-14-28(17-20)25(31)19-8-3-10-21(16-19)29-15-13-27-26(29)32/h1-4,6-8,10-12,16,20H,5,9,13-15,17H2,(H,27,32)/t20-/m0/s1. The van der Waals surface area contributed by atoms with Gasteiger partial charge in [-0.3, -0.25) is 14.5 Å². The molecule has 3 amide bonds. The first kappa shape index (κ1) is 20.2. The SMILES string of the molecule is O=C(c1cccc2ccccc12)[C@H]1CCCN(C(=O)c2cccc(N3CCNC3=O)c2)C1. The van der Waals surface area contributed by atoms with Crippen LogP contribution >= 0.6 is 0 Å². The highest BCUT2D eigenvalue weighted by atomic mass is 16.2.